The topological polar surface area (TPSA) is 49.4 Å². The molecule has 20 heavy (non-hydrogen) atoms. The lowest BCUT2D eigenvalue weighted by molar-refractivity contribution is -0.122. The van der Waals surface area contributed by atoms with Crippen LogP contribution in [-0.4, -0.2) is 42.8 Å². The van der Waals surface area contributed by atoms with Gasteiger partial charge in [-0.15, -0.1) is 0 Å². The van der Waals surface area contributed by atoms with Gasteiger partial charge in [-0.05, 0) is 37.7 Å². The Morgan fingerprint density at radius 2 is 1.85 bits per heavy atom. The lowest BCUT2D eigenvalue weighted by atomic mass is 10.1. The highest BCUT2D eigenvalue weighted by atomic mass is 19.1. The molecule has 0 saturated carbocycles. The number of carbonyl (C=O) groups excluding carboxylic acids is 2. The number of rotatable bonds is 8. The van der Waals surface area contributed by atoms with Gasteiger partial charge in [0, 0.05) is 25.1 Å². The predicted octanol–water partition coefficient (Wildman–Crippen LogP) is 1.86. The molecule has 110 valence electrons. The first-order chi connectivity index (χ1) is 9.56. The quantitative estimate of drug-likeness (QED) is 0.739. The summed E-state index contributed by atoms with van der Waals surface area (Å²) in [5, 5.41) is 2.73. The van der Waals surface area contributed by atoms with E-state index in [-0.39, 0.29) is 17.5 Å². The maximum absolute atomic E-state index is 12.8. The number of benzene rings is 1. The predicted molar refractivity (Wildman–Crippen MR) is 76.1 cm³/mol. The van der Waals surface area contributed by atoms with Gasteiger partial charge in [-0.3, -0.25) is 14.5 Å². The van der Waals surface area contributed by atoms with Gasteiger partial charge in [-0.25, -0.2) is 4.39 Å². The Kier molecular flexibility index (Phi) is 6.87. The van der Waals surface area contributed by atoms with Gasteiger partial charge in [0.1, 0.15) is 5.82 Å². The van der Waals surface area contributed by atoms with E-state index in [1.165, 1.54) is 24.3 Å². The smallest absolute Gasteiger partial charge is 0.234 e. The van der Waals surface area contributed by atoms with Crippen molar-refractivity contribution in [2.24, 2.45) is 0 Å². The van der Waals surface area contributed by atoms with Crippen LogP contribution in [-0.2, 0) is 4.79 Å². The van der Waals surface area contributed by atoms with Crippen LogP contribution in [0.2, 0.25) is 0 Å². The minimum Gasteiger partial charge on any atom is -0.355 e. The monoisotopic (exact) mass is 280 g/mol. The molecule has 0 spiro atoms. The summed E-state index contributed by atoms with van der Waals surface area (Å²) in [4.78, 5) is 25.3. The zero-order valence-electron chi connectivity index (χ0n) is 12.0. The van der Waals surface area contributed by atoms with Crippen LogP contribution in [0, 0.1) is 5.82 Å². The fourth-order valence-corrected chi connectivity index (χ4v) is 1.84. The molecule has 0 aliphatic rings. The number of ketones is 1. The summed E-state index contributed by atoms with van der Waals surface area (Å²) < 4.78 is 12.8. The average molecular weight is 280 g/mol. The van der Waals surface area contributed by atoms with Gasteiger partial charge in [0.05, 0.1) is 6.54 Å². The second-order valence-electron chi connectivity index (χ2n) is 4.50. The van der Waals surface area contributed by atoms with E-state index in [4.69, 9.17) is 0 Å². The Labute approximate surface area is 119 Å². The zero-order chi connectivity index (χ0) is 15.0. The number of likely N-dealkylation sites (N-methyl/N-ethyl adjacent to an activating group) is 2. The number of nitrogens with zero attached hydrogens (tertiary/aromatic N) is 1. The van der Waals surface area contributed by atoms with Crippen molar-refractivity contribution in [3.63, 3.8) is 0 Å². The van der Waals surface area contributed by atoms with Crippen molar-refractivity contribution in [2.45, 2.75) is 20.3 Å². The number of Topliss-reactive ketones (excluding diaryl/α,β-unsaturated/α-hetero) is 1. The fourth-order valence-electron chi connectivity index (χ4n) is 1.84. The molecular weight excluding hydrogens is 259 g/mol. The first kappa shape index (κ1) is 16.3. The molecule has 0 heterocycles. The van der Waals surface area contributed by atoms with Crippen molar-refractivity contribution in [3.8, 4) is 0 Å². The third kappa shape index (κ3) is 5.48. The van der Waals surface area contributed by atoms with Crippen LogP contribution < -0.4 is 5.32 Å². The van der Waals surface area contributed by atoms with E-state index in [9.17, 15) is 14.0 Å². The molecule has 0 fully saturated rings. The van der Waals surface area contributed by atoms with Gasteiger partial charge in [0.15, 0.2) is 5.78 Å². The molecule has 1 amide bonds. The molecule has 5 heteroatoms. The van der Waals surface area contributed by atoms with E-state index in [1.54, 1.807) is 0 Å². The molecule has 1 rings (SSSR count). The van der Waals surface area contributed by atoms with Crippen LogP contribution in [0.4, 0.5) is 4.39 Å². The molecule has 1 aromatic rings. The van der Waals surface area contributed by atoms with Crippen LogP contribution in [0.25, 0.3) is 0 Å². The molecule has 0 bridgehead atoms. The molecule has 0 radical (unpaired) electrons. The lowest BCUT2D eigenvalue weighted by Crippen LogP contribution is -2.38. The Morgan fingerprint density at radius 1 is 1.20 bits per heavy atom. The van der Waals surface area contributed by atoms with Crippen molar-refractivity contribution < 1.29 is 14.0 Å². The number of nitrogens with one attached hydrogen (secondary N) is 1. The zero-order valence-corrected chi connectivity index (χ0v) is 12.0. The number of carbonyl (C=O) groups is 2. The molecule has 0 saturated heterocycles. The van der Waals surface area contributed by atoms with E-state index in [1.807, 2.05) is 18.7 Å². The van der Waals surface area contributed by atoms with Gasteiger partial charge in [0.25, 0.3) is 0 Å². The molecule has 1 aromatic carbocycles. The van der Waals surface area contributed by atoms with Crippen molar-refractivity contribution in [1.82, 2.24) is 10.2 Å². The maximum Gasteiger partial charge on any atom is 0.234 e. The first-order valence-electron chi connectivity index (χ1n) is 6.84. The number of hydrogen-bond donors (Lipinski definition) is 1. The average Bonchev–Trinajstić information content (AvgIpc) is 2.44. The Morgan fingerprint density at radius 3 is 2.40 bits per heavy atom. The molecule has 0 atom stereocenters. The van der Waals surface area contributed by atoms with Gasteiger partial charge in [0.2, 0.25) is 5.91 Å². The van der Waals surface area contributed by atoms with Crippen LogP contribution in [0.15, 0.2) is 24.3 Å². The van der Waals surface area contributed by atoms with Crippen LogP contribution in [0.5, 0.6) is 0 Å². The van der Waals surface area contributed by atoms with E-state index in [0.717, 1.165) is 0 Å². The third-order valence-electron chi connectivity index (χ3n) is 3.01. The van der Waals surface area contributed by atoms with E-state index >= 15 is 0 Å². The molecule has 4 nitrogen and oxygen atoms in total. The number of hydrogen-bond acceptors (Lipinski definition) is 3. The Hall–Kier alpha value is -1.75. The summed E-state index contributed by atoms with van der Waals surface area (Å²) in [6, 6.07) is 5.52. The highest BCUT2D eigenvalue weighted by Crippen LogP contribution is 2.06. The summed E-state index contributed by atoms with van der Waals surface area (Å²) in [5.74, 6) is -0.434. The summed E-state index contributed by atoms with van der Waals surface area (Å²) in [7, 11) is 0. The van der Waals surface area contributed by atoms with Crippen molar-refractivity contribution in [3.05, 3.63) is 35.6 Å². The van der Waals surface area contributed by atoms with Gasteiger partial charge in [-0.2, -0.15) is 0 Å². The second-order valence-corrected chi connectivity index (χ2v) is 4.50. The minimum atomic E-state index is -0.354. The molecule has 1 N–H and O–H groups in total. The Balaban J connectivity index is 2.45. The largest absolute Gasteiger partial charge is 0.355 e. The van der Waals surface area contributed by atoms with Crippen LogP contribution in [0.1, 0.15) is 30.6 Å². The standard InChI is InChI=1S/C15H21FN2O2/c1-3-17-15(20)11-18(4-2)10-9-14(19)12-5-7-13(16)8-6-12/h5-8H,3-4,9-11H2,1-2H3,(H,17,20). The van der Waals surface area contributed by atoms with Crippen LogP contribution >= 0.6 is 0 Å². The highest BCUT2D eigenvalue weighted by molar-refractivity contribution is 5.96. The summed E-state index contributed by atoms with van der Waals surface area (Å²) in [6.07, 6.45) is 0.318. The molecule has 0 unspecified atom stereocenters. The molecule has 0 aliphatic carbocycles. The van der Waals surface area contributed by atoms with E-state index in [2.05, 4.69) is 5.32 Å². The summed E-state index contributed by atoms with van der Waals surface area (Å²) >= 11 is 0. The number of halogens is 1. The normalized spacial score (nSPS) is 10.6. The van der Waals surface area contributed by atoms with E-state index < -0.39 is 0 Å². The van der Waals surface area contributed by atoms with Gasteiger partial charge in [-0.1, -0.05) is 6.92 Å². The van der Waals surface area contributed by atoms with Crippen molar-refractivity contribution in [1.29, 1.82) is 0 Å². The maximum atomic E-state index is 12.8. The summed E-state index contributed by atoms with van der Waals surface area (Å²) in [5.41, 5.74) is 0.500. The summed E-state index contributed by atoms with van der Waals surface area (Å²) in [6.45, 7) is 5.93. The molecule has 0 aromatic heterocycles. The molecule has 0 aliphatic heterocycles. The molecular formula is C15H21FN2O2. The highest BCUT2D eigenvalue weighted by Gasteiger charge is 2.11. The fraction of sp³-hybridized carbons (Fsp3) is 0.467. The Bertz CT molecular complexity index is 446. The minimum absolute atomic E-state index is 0.0384. The third-order valence-corrected chi connectivity index (χ3v) is 3.01. The number of amides is 1. The lowest BCUT2D eigenvalue weighted by Gasteiger charge is -2.19. The van der Waals surface area contributed by atoms with Crippen LogP contribution in [0.3, 0.4) is 0 Å². The van der Waals surface area contributed by atoms with Crippen molar-refractivity contribution >= 4 is 11.7 Å². The SMILES string of the molecule is CCNC(=O)CN(CC)CCC(=O)c1ccc(F)cc1. The van der Waals surface area contributed by atoms with Gasteiger partial charge >= 0.3 is 0 Å². The second kappa shape index (κ2) is 8.43. The first-order valence-corrected chi connectivity index (χ1v) is 6.84. The van der Waals surface area contributed by atoms with E-state index in [0.29, 0.717) is 38.2 Å². The van der Waals surface area contributed by atoms with Gasteiger partial charge < -0.3 is 5.32 Å². The van der Waals surface area contributed by atoms with Crippen molar-refractivity contribution in [2.75, 3.05) is 26.2 Å².